The Morgan fingerprint density at radius 2 is 1.74 bits per heavy atom. The van der Waals surface area contributed by atoms with Gasteiger partial charge in [0.2, 0.25) is 0 Å². The molecular formula is C15H22N4. The largest absolute Gasteiger partial charge is 0.271 e. The third kappa shape index (κ3) is 1.89. The van der Waals surface area contributed by atoms with Crippen molar-refractivity contribution in [2.75, 3.05) is 0 Å². The molecule has 0 spiro atoms. The van der Waals surface area contributed by atoms with Crippen molar-refractivity contribution < 1.29 is 0 Å². The lowest BCUT2D eigenvalue weighted by Gasteiger charge is -2.56. The van der Waals surface area contributed by atoms with E-state index in [0.29, 0.717) is 5.92 Å². The maximum atomic E-state index is 5.87. The van der Waals surface area contributed by atoms with Crippen molar-refractivity contribution in [1.29, 1.82) is 0 Å². The van der Waals surface area contributed by atoms with Gasteiger partial charge in [0.1, 0.15) is 0 Å². The first kappa shape index (κ1) is 11.8. The van der Waals surface area contributed by atoms with E-state index in [1.54, 1.807) is 12.4 Å². The predicted molar refractivity (Wildman–Crippen MR) is 72.6 cm³/mol. The second-order valence-electron chi connectivity index (χ2n) is 6.78. The minimum absolute atomic E-state index is 0.184. The van der Waals surface area contributed by atoms with Crippen LogP contribution < -0.4 is 11.3 Å². The van der Waals surface area contributed by atoms with Gasteiger partial charge in [0.05, 0.1) is 17.9 Å². The van der Waals surface area contributed by atoms with Crippen LogP contribution in [0.5, 0.6) is 0 Å². The number of nitrogens with one attached hydrogen (secondary N) is 1. The molecule has 1 heterocycles. The first-order valence-corrected chi connectivity index (χ1v) is 7.57. The van der Waals surface area contributed by atoms with Crippen molar-refractivity contribution >= 4 is 0 Å². The molecule has 4 nitrogen and oxygen atoms in total. The molecule has 4 aliphatic rings. The summed E-state index contributed by atoms with van der Waals surface area (Å²) in [6.45, 7) is 0. The number of nitrogens with two attached hydrogens (primary N) is 1. The summed E-state index contributed by atoms with van der Waals surface area (Å²) in [5, 5.41) is 0. The second-order valence-corrected chi connectivity index (χ2v) is 6.78. The van der Waals surface area contributed by atoms with Gasteiger partial charge in [-0.2, -0.15) is 0 Å². The molecule has 1 aromatic heterocycles. The van der Waals surface area contributed by atoms with E-state index in [1.165, 1.54) is 32.1 Å². The number of rotatable bonds is 3. The quantitative estimate of drug-likeness (QED) is 0.643. The highest BCUT2D eigenvalue weighted by molar-refractivity contribution is 5.10. The maximum Gasteiger partial charge on any atom is 0.0772 e. The lowest BCUT2D eigenvalue weighted by Crippen LogP contribution is -2.50. The summed E-state index contributed by atoms with van der Waals surface area (Å²) in [7, 11) is 0. The zero-order valence-electron chi connectivity index (χ0n) is 11.2. The van der Waals surface area contributed by atoms with E-state index >= 15 is 0 Å². The first-order valence-electron chi connectivity index (χ1n) is 7.57. The Balaban J connectivity index is 1.64. The molecule has 4 bridgehead atoms. The standard InChI is InChI=1S/C15H22N4/c16-19-15(13-8-17-1-2-18-13)14-11-4-9-3-10(6-11)7-12(14)5-9/h1-2,8-12,14-15,19H,3-7,16H2. The Labute approximate surface area is 114 Å². The molecule has 5 rings (SSSR count). The van der Waals surface area contributed by atoms with Crippen molar-refractivity contribution in [3.63, 3.8) is 0 Å². The van der Waals surface area contributed by atoms with Crippen LogP contribution in [0.1, 0.15) is 43.8 Å². The Kier molecular flexibility index (Phi) is 2.81. The van der Waals surface area contributed by atoms with Gasteiger partial charge >= 0.3 is 0 Å². The number of hydrazine groups is 1. The summed E-state index contributed by atoms with van der Waals surface area (Å²) < 4.78 is 0. The van der Waals surface area contributed by atoms with Crippen LogP contribution in [0.15, 0.2) is 18.6 Å². The highest BCUT2D eigenvalue weighted by Crippen LogP contribution is 2.59. The Hall–Kier alpha value is -1.00. The highest BCUT2D eigenvalue weighted by Gasteiger charge is 2.50. The van der Waals surface area contributed by atoms with Gasteiger partial charge in [0, 0.05) is 12.4 Å². The second kappa shape index (κ2) is 4.53. The molecule has 1 unspecified atom stereocenters. The van der Waals surface area contributed by atoms with Gasteiger partial charge in [-0.25, -0.2) is 0 Å². The normalized spacial score (nSPS) is 41.4. The SMILES string of the molecule is NNC(c1cnccn1)C1C2CC3CC(C2)CC1C3. The average Bonchev–Trinajstić information content (AvgIpc) is 2.43. The summed E-state index contributed by atoms with van der Waals surface area (Å²) in [6, 6.07) is 0.184. The van der Waals surface area contributed by atoms with E-state index in [-0.39, 0.29) is 6.04 Å². The monoisotopic (exact) mass is 258 g/mol. The lowest BCUT2D eigenvalue weighted by atomic mass is 9.50. The van der Waals surface area contributed by atoms with Gasteiger partial charge < -0.3 is 0 Å². The maximum absolute atomic E-state index is 5.87. The Bertz CT molecular complexity index is 419. The summed E-state index contributed by atoms with van der Waals surface area (Å²) in [4.78, 5) is 8.69. The van der Waals surface area contributed by atoms with E-state index in [4.69, 9.17) is 5.84 Å². The van der Waals surface area contributed by atoms with Crippen LogP contribution in [0.2, 0.25) is 0 Å². The van der Waals surface area contributed by atoms with Crippen molar-refractivity contribution in [2.24, 2.45) is 35.4 Å². The van der Waals surface area contributed by atoms with Gasteiger partial charge in [-0.15, -0.1) is 0 Å². The minimum atomic E-state index is 0.184. The van der Waals surface area contributed by atoms with E-state index < -0.39 is 0 Å². The number of aromatic nitrogens is 2. The average molecular weight is 258 g/mol. The smallest absolute Gasteiger partial charge is 0.0772 e. The van der Waals surface area contributed by atoms with Gasteiger partial charge in [0.15, 0.2) is 0 Å². The molecule has 0 amide bonds. The summed E-state index contributed by atoms with van der Waals surface area (Å²) in [6.07, 6.45) is 12.5. The third-order valence-electron chi connectivity index (χ3n) is 5.77. The fourth-order valence-electron chi connectivity index (χ4n) is 5.38. The molecule has 0 aliphatic heterocycles. The van der Waals surface area contributed by atoms with Crippen LogP contribution >= 0.6 is 0 Å². The zero-order valence-corrected chi connectivity index (χ0v) is 11.2. The first-order chi connectivity index (χ1) is 9.35. The van der Waals surface area contributed by atoms with Crippen molar-refractivity contribution in [3.8, 4) is 0 Å². The molecule has 1 atom stereocenters. The van der Waals surface area contributed by atoms with Crippen molar-refractivity contribution in [2.45, 2.75) is 38.1 Å². The van der Waals surface area contributed by atoms with Crippen LogP contribution in [-0.2, 0) is 0 Å². The van der Waals surface area contributed by atoms with Gasteiger partial charge in [-0.1, -0.05) is 0 Å². The van der Waals surface area contributed by atoms with E-state index in [9.17, 15) is 0 Å². The van der Waals surface area contributed by atoms with Gasteiger partial charge in [-0.3, -0.25) is 21.2 Å². The van der Waals surface area contributed by atoms with Crippen molar-refractivity contribution in [1.82, 2.24) is 15.4 Å². The van der Waals surface area contributed by atoms with Crippen LogP contribution in [0.25, 0.3) is 0 Å². The number of hydrogen-bond donors (Lipinski definition) is 2. The van der Waals surface area contributed by atoms with E-state index in [0.717, 1.165) is 29.4 Å². The summed E-state index contributed by atoms with van der Waals surface area (Å²) >= 11 is 0. The molecule has 19 heavy (non-hydrogen) atoms. The molecule has 4 saturated carbocycles. The fraction of sp³-hybridized carbons (Fsp3) is 0.733. The van der Waals surface area contributed by atoms with Crippen LogP contribution in [0.4, 0.5) is 0 Å². The number of nitrogens with zero attached hydrogens (tertiary/aromatic N) is 2. The molecular weight excluding hydrogens is 236 g/mol. The van der Waals surface area contributed by atoms with E-state index in [2.05, 4.69) is 15.4 Å². The molecule has 3 N–H and O–H groups in total. The molecule has 0 aromatic carbocycles. The molecule has 4 aliphatic carbocycles. The van der Waals surface area contributed by atoms with Crippen LogP contribution in [-0.4, -0.2) is 9.97 Å². The molecule has 0 saturated heterocycles. The van der Waals surface area contributed by atoms with Crippen LogP contribution in [0.3, 0.4) is 0 Å². The van der Waals surface area contributed by atoms with Crippen LogP contribution in [0, 0.1) is 29.6 Å². The summed E-state index contributed by atoms with van der Waals surface area (Å²) in [5.74, 6) is 10.2. The van der Waals surface area contributed by atoms with E-state index in [1.807, 2.05) is 6.20 Å². The lowest BCUT2D eigenvalue weighted by molar-refractivity contribution is -0.0532. The van der Waals surface area contributed by atoms with Gasteiger partial charge in [-0.05, 0) is 61.7 Å². The molecule has 4 fully saturated rings. The Morgan fingerprint density at radius 3 is 2.26 bits per heavy atom. The topological polar surface area (TPSA) is 63.8 Å². The summed E-state index contributed by atoms with van der Waals surface area (Å²) in [5.41, 5.74) is 4.06. The molecule has 4 heteroatoms. The third-order valence-corrected chi connectivity index (χ3v) is 5.77. The zero-order chi connectivity index (χ0) is 12.8. The molecule has 0 radical (unpaired) electrons. The highest BCUT2D eigenvalue weighted by atomic mass is 15.2. The fourth-order valence-corrected chi connectivity index (χ4v) is 5.38. The molecule has 102 valence electrons. The van der Waals surface area contributed by atoms with Crippen molar-refractivity contribution in [3.05, 3.63) is 24.3 Å². The molecule has 1 aromatic rings. The Morgan fingerprint density at radius 1 is 1.05 bits per heavy atom. The minimum Gasteiger partial charge on any atom is -0.271 e. The predicted octanol–water partition coefficient (Wildman–Crippen LogP) is 2.05. The van der Waals surface area contributed by atoms with Gasteiger partial charge in [0.25, 0.3) is 0 Å². The number of hydrogen-bond acceptors (Lipinski definition) is 4.